The highest BCUT2D eigenvalue weighted by Crippen LogP contribution is 2.38. The van der Waals surface area contributed by atoms with Crippen molar-refractivity contribution in [3.8, 4) is 0 Å². The van der Waals surface area contributed by atoms with E-state index in [-0.39, 0.29) is 17.0 Å². The van der Waals surface area contributed by atoms with Crippen molar-refractivity contribution in [2.24, 2.45) is 0 Å². The summed E-state index contributed by atoms with van der Waals surface area (Å²) in [6.07, 6.45) is 3.41. The van der Waals surface area contributed by atoms with E-state index in [9.17, 15) is 4.79 Å². The third kappa shape index (κ3) is 2.71. The summed E-state index contributed by atoms with van der Waals surface area (Å²) in [5.41, 5.74) is 0.226. The first-order valence-corrected chi connectivity index (χ1v) is 6.25. The van der Waals surface area contributed by atoms with Gasteiger partial charge in [-0.05, 0) is 53.7 Å². The molecule has 1 amide bonds. The second-order valence-electron chi connectivity index (χ2n) is 6.40. The van der Waals surface area contributed by atoms with Crippen LogP contribution in [0.15, 0.2) is 12.7 Å². The van der Waals surface area contributed by atoms with Crippen LogP contribution < -0.4 is 0 Å². The standard InChI is InChI=1S/C14H26N2O/c1-8-12(17)15(6)11-9-13(2,3)16(7)14(4,5)10-11/h8,11H,1,9-10H2,2-7H3. The molecule has 0 bridgehead atoms. The van der Waals surface area contributed by atoms with Crippen LogP contribution in [0.5, 0.6) is 0 Å². The van der Waals surface area contributed by atoms with Gasteiger partial charge in [0.1, 0.15) is 0 Å². The first-order chi connectivity index (χ1) is 7.62. The summed E-state index contributed by atoms with van der Waals surface area (Å²) in [7, 11) is 4.05. The Morgan fingerprint density at radius 1 is 1.29 bits per heavy atom. The van der Waals surface area contributed by atoms with E-state index >= 15 is 0 Å². The Bertz CT molecular complexity index is 302. The van der Waals surface area contributed by atoms with Crippen molar-refractivity contribution in [2.75, 3.05) is 14.1 Å². The van der Waals surface area contributed by atoms with Crippen LogP contribution in [0.4, 0.5) is 0 Å². The molecule has 0 aromatic carbocycles. The number of likely N-dealkylation sites (tertiary alicyclic amines) is 1. The van der Waals surface area contributed by atoms with E-state index in [0.29, 0.717) is 6.04 Å². The lowest BCUT2D eigenvalue weighted by Gasteiger charge is -2.55. The Kier molecular flexibility index (Phi) is 3.72. The van der Waals surface area contributed by atoms with Gasteiger partial charge >= 0.3 is 0 Å². The van der Waals surface area contributed by atoms with Gasteiger partial charge in [-0.15, -0.1) is 0 Å². The number of amides is 1. The molecule has 1 saturated heterocycles. The predicted octanol–water partition coefficient (Wildman–Crippen LogP) is 2.28. The zero-order valence-corrected chi connectivity index (χ0v) is 12.1. The first-order valence-electron chi connectivity index (χ1n) is 6.25. The third-order valence-electron chi connectivity index (χ3n) is 4.36. The number of hydrogen-bond donors (Lipinski definition) is 0. The van der Waals surface area contributed by atoms with Gasteiger partial charge in [0, 0.05) is 24.2 Å². The average Bonchev–Trinajstić information content (AvgIpc) is 2.22. The van der Waals surface area contributed by atoms with Gasteiger partial charge in [-0.25, -0.2) is 0 Å². The van der Waals surface area contributed by atoms with Crippen molar-refractivity contribution in [3.63, 3.8) is 0 Å². The summed E-state index contributed by atoms with van der Waals surface area (Å²) < 4.78 is 0. The minimum Gasteiger partial charge on any atom is -0.339 e. The molecule has 1 heterocycles. The smallest absolute Gasteiger partial charge is 0.245 e. The molecule has 0 spiro atoms. The van der Waals surface area contributed by atoms with E-state index in [1.165, 1.54) is 6.08 Å². The molecule has 0 aliphatic carbocycles. The van der Waals surface area contributed by atoms with Gasteiger partial charge in [-0.1, -0.05) is 6.58 Å². The molecule has 98 valence electrons. The molecule has 1 aliphatic rings. The summed E-state index contributed by atoms with van der Waals surface area (Å²) in [6.45, 7) is 12.5. The second kappa shape index (κ2) is 4.45. The Balaban J connectivity index is 2.92. The van der Waals surface area contributed by atoms with Crippen molar-refractivity contribution in [1.82, 2.24) is 9.80 Å². The zero-order chi connectivity index (χ0) is 13.4. The Labute approximate surface area is 105 Å². The van der Waals surface area contributed by atoms with E-state index in [0.717, 1.165) is 12.8 Å². The van der Waals surface area contributed by atoms with E-state index < -0.39 is 0 Å². The molecule has 3 nitrogen and oxygen atoms in total. The van der Waals surface area contributed by atoms with Crippen molar-refractivity contribution < 1.29 is 4.79 Å². The molecular formula is C14H26N2O. The molecule has 1 rings (SSSR count). The lowest BCUT2D eigenvalue weighted by atomic mass is 9.77. The van der Waals surface area contributed by atoms with Crippen LogP contribution in [0.1, 0.15) is 40.5 Å². The van der Waals surface area contributed by atoms with Crippen LogP contribution in [0, 0.1) is 0 Å². The molecule has 1 aliphatic heterocycles. The quantitative estimate of drug-likeness (QED) is 0.689. The van der Waals surface area contributed by atoms with Crippen molar-refractivity contribution in [3.05, 3.63) is 12.7 Å². The van der Waals surface area contributed by atoms with Crippen LogP contribution in [0.2, 0.25) is 0 Å². The number of carbonyl (C=O) groups is 1. The molecule has 17 heavy (non-hydrogen) atoms. The maximum absolute atomic E-state index is 11.7. The molecule has 0 N–H and O–H groups in total. The number of likely N-dealkylation sites (N-methyl/N-ethyl adjacent to an activating group) is 1. The van der Waals surface area contributed by atoms with Gasteiger partial charge in [-0.2, -0.15) is 0 Å². The first kappa shape index (κ1) is 14.2. The van der Waals surface area contributed by atoms with Crippen LogP contribution in [-0.2, 0) is 4.79 Å². The third-order valence-corrected chi connectivity index (χ3v) is 4.36. The summed E-state index contributed by atoms with van der Waals surface area (Å²) in [6, 6.07) is 0.293. The summed E-state index contributed by atoms with van der Waals surface area (Å²) in [4.78, 5) is 16.0. The maximum atomic E-state index is 11.7. The molecule has 0 unspecified atom stereocenters. The van der Waals surface area contributed by atoms with Gasteiger partial charge in [-0.3, -0.25) is 9.69 Å². The fourth-order valence-electron chi connectivity index (χ4n) is 2.92. The fraction of sp³-hybridized carbons (Fsp3) is 0.786. The number of nitrogens with zero attached hydrogens (tertiary/aromatic N) is 2. The van der Waals surface area contributed by atoms with Gasteiger partial charge in [0.2, 0.25) is 5.91 Å². The van der Waals surface area contributed by atoms with E-state index in [4.69, 9.17) is 0 Å². The van der Waals surface area contributed by atoms with Gasteiger partial charge in [0.25, 0.3) is 0 Å². The van der Waals surface area contributed by atoms with Crippen LogP contribution >= 0.6 is 0 Å². The van der Waals surface area contributed by atoms with E-state index in [1.807, 2.05) is 11.9 Å². The average molecular weight is 238 g/mol. The van der Waals surface area contributed by atoms with Gasteiger partial charge in [0.05, 0.1) is 0 Å². The highest BCUT2D eigenvalue weighted by molar-refractivity contribution is 5.87. The van der Waals surface area contributed by atoms with Gasteiger partial charge in [0.15, 0.2) is 0 Å². The topological polar surface area (TPSA) is 23.6 Å². The van der Waals surface area contributed by atoms with Crippen molar-refractivity contribution in [2.45, 2.75) is 57.7 Å². The summed E-state index contributed by atoms with van der Waals surface area (Å²) in [5.74, 6) is 0.0196. The Hall–Kier alpha value is -0.830. The normalized spacial score (nSPS) is 24.4. The SMILES string of the molecule is C=CC(=O)N(C)C1CC(C)(C)N(C)C(C)(C)C1. The Morgan fingerprint density at radius 3 is 2.06 bits per heavy atom. The number of piperidine rings is 1. The highest BCUT2D eigenvalue weighted by Gasteiger charge is 2.44. The van der Waals surface area contributed by atoms with Crippen LogP contribution in [0.25, 0.3) is 0 Å². The molecule has 0 saturated carbocycles. The molecule has 0 aromatic rings. The molecule has 0 atom stereocenters. The Morgan fingerprint density at radius 2 is 1.71 bits per heavy atom. The fourth-order valence-corrected chi connectivity index (χ4v) is 2.92. The predicted molar refractivity (Wildman–Crippen MR) is 71.9 cm³/mol. The molecule has 0 aromatic heterocycles. The van der Waals surface area contributed by atoms with Crippen LogP contribution in [0.3, 0.4) is 0 Å². The number of hydrogen-bond acceptors (Lipinski definition) is 2. The van der Waals surface area contributed by atoms with Crippen molar-refractivity contribution in [1.29, 1.82) is 0 Å². The number of rotatable bonds is 2. The van der Waals surface area contributed by atoms with E-state index in [1.54, 1.807) is 0 Å². The second-order valence-corrected chi connectivity index (χ2v) is 6.40. The minimum atomic E-state index is 0.0196. The summed E-state index contributed by atoms with van der Waals surface area (Å²) in [5, 5.41) is 0. The highest BCUT2D eigenvalue weighted by atomic mass is 16.2. The maximum Gasteiger partial charge on any atom is 0.245 e. The van der Waals surface area contributed by atoms with Crippen LogP contribution in [-0.4, -0.2) is 46.9 Å². The molecule has 0 radical (unpaired) electrons. The monoisotopic (exact) mass is 238 g/mol. The van der Waals surface area contributed by atoms with Gasteiger partial charge < -0.3 is 4.90 Å². The lowest BCUT2D eigenvalue weighted by molar-refractivity contribution is -0.130. The molecule has 3 heteroatoms. The molecular weight excluding hydrogens is 212 g/mol. The molecule has 1 fully saturated rings. The minimum absolute atomic E-state index is 0.0196. The largest absolute Gasteiger partial charge is 0.339 e. The summed E-state index contributed by atoms with van der Waals surface area (Å²) >= 11 is 0. The van der Waals surface area contributed by atoms with Crippen molar-refractivity contribution >= 4 is 5.91 Å². The number of carbonyl (C=O) groups excluding carboxylic acids is 1. The lowest BCUT2D eigenvalue weighted by Crippen LogP contribution is -2.62. The zero-order valence-electron chi connectivity index (χ0n) is 12.1. The van der Waals surface area contributed by atoms with E-state index in [2.05, 4.69) is 46.2 Å².